The fourth-order valence-electron chi connectivity index (χ4n) is 2.99. The fourth-order valence-corrected chi connectivity index (χ4v) is 3.69. The van der Waals surface area contributed by atoms with Gasteiger partial charge in [-0.3, -0.25) is 0 Å². The van der Waals surface area contributed by atoms with Crippen LogP contribution in [0.2, 0.25) is 0 Å². The van der Waals surface area contributed by atoms with Crippen molar-refractivity contribution in [1.29, 1.82) is 0 Å². The molecule has 0 unspecified atom stereocenters. The number of hydrogen-bond acceptors (Lipinski definition) is 5. The van der Waals surface area contributed by atoms with E-state index in [4.69, 9.17) is 9.47 Å². The topological polar surface area (TPSA) is 73.6 Å². The molecular formula is C21H24N2O4S. The number of hydrogen-bond donors (Lipinski definition) is 1. The van der Waals surface area contributed by atoms with Crippen molar-refractivity contribution in [2.75, 3.05) is 7.11 Å². The smallest absolute Gasteiger partial charge is 0.337 e. The maximum Gasteiger partial charge on any atom is 0.337 e. The van der Waals surface area contributed by atoms with Gasteiger partial charge in [0.1, 0.15) is 23.1 Å². The van der Waals surface area contributed by atoms with Crippen LogP contribution in [0.5, 0.6) is 11.5 Å². The van der Waals surface area contributed by atoms with Crippen molar-refractivity contribution >= 4 is 17.3 Å². The summed E-state index contributed by atoms with van der Waals surface area (Å²) < 4.78 is 13.0. The third-order valence-electron chi connectivity index (χ3n) is 4.38. The first kappa shape index (κ1) is 19.9. The second-order valence-electron chi connectivity index (χ2n) is 6.93. The van der Waals surface area contributed by atoms with E-state index >= 15 is 0 Å². The van der Waals surface area contributed by atoms with Gasteiger partial charge in [-0.1, -0.05) is 13.8 Å². The fraction of sp³-hybridized carbons (Fsp3) is 0.333. The van der Waals surface area contributed by atoms with Crippen molar-refractivity contribution in [1.82, 2.24) is 9.55 Å². The van der Waals surface area contributed by atoms with Crippen molar-refractivity contribution < 1.29 is 19.4 Å². The quantitative estimate of drug-likeness (QED) is 0.584. The molecule has 0 aliphatic heterocycles. The zero-order valence-corrected chi connectivity index (χ0v) is 17.2. The summed E-state index contributed by atoms with van der Waals surface area (Å²) in [5, 5.41) is 12.3. The molecule has 0 saturated carbocycles. The summed E-state index contributed by atoms with van der Waals surface area (Å²) in [6.07, 6.45) is 0. The Bertz CT molecular complexity index is 957. The first-order valence-electron chi connectivity index (χ1n) is 9.04. The molecule has 3 rings (SSSR count). The zero-order valence-electron chi connectivity index (χ0n) is 16.4. The Morgan fingerprint density at radius 1 is 1.25 bits per heavy atom. The molecule has 0 saturated heterocycles. The van der Waals surface area contributed by atoms with Crippen molar-refractivity contribution in [3.8, 4) is 22.9 Å². The highest BCUT2D eigenvalue weighted by molar-refractivity contribution is 7.09. The molecule has 0 aliphatic rings. The molecule has 2 heterocycles. The molecule has 0 aliphatic carbocycles. The number of carbonyl (C=O) groups is 1. The summed E-state index contributed by atoms with van der Waals surface area (Å²) in [6.45, 7) is 7.16. The Kier molecular flexibility index (Phi) is 6.04. The maximum atomic E-state index is 11.6. The number of aromatic nitrogens is 2. The van der Waals surface area contributed by atoms with Crippen LogP contribution < -0.4 is 9.47 Å². The van der Waals surface area contributed by atoms with E-state index in [0.29, 0.717) is 18.1 Å². The Morgan fingerprint density at radius 3 is 2.54 bits per heavy atom. The molecule has 7 heteroatoms. The van der Waals surface area contributed by atoms with E-state index in [1.54, 1.807) is 13.2 Å². The van der Waals surface area contributed by atoms with Crippen molar-refractivity contribution in [2.24, 2.45) is 5.92 Å². The first-order valence-corrected chi connectivity index (χ1v) is 9.92. The summed E-state index contributed by atoms with van der Waals surface area (Å²) in [5.41, 5.74) is 2.67. The van der Waals surface area contributed by atoms with Crippen LogP contribution in [-0.4, -0.2) is 27.7 Å². The zero-order chi connectivity index (χ0) is 20.3. The third kappa shape index (κ3) is 4.36. The molecule has 28 heavy (non-hydrogen) atoms. The van der Waals surface area contributed by atoms with Crippen LogP contribution in [0.4, 0.5) is 0 Å². The van der Waals surface area contributed by atoms with Crippen LogP contribution in [0.15, 0.2) is 35.7 Å². The number of benzene rings is 1. The summed E-state index contributed by atoms with van der Waals surface area (Å²) in [5.74, 6) is 0.992. The highest BCUT2D eigenvalue weighted by Gasteiger charge is 2.20. The lowest BCUT2D eigenvalue weighted by Crippen LogP contribution is -2.09. The van der Waals surface area contributed by atoms with Crippen LogP contribution >= 0.6 is 11.3 Å². The van der Waals surface area contributed by atoms with Gasteiger partial charge in [-0.2, -0.15) is 0 Å². The lowest BCUT2D eigenvalue weighted by Gasteiger charge is -2.13. The second kappa shape index (κ2) is 8.48. The van der Waals surface area contributed by atoms with E-state index in [1.807, 2.05) is 41.1 Å². The highest BCUT2D eigenvalue weighted by Crippen LogP contribution is 2.29. The number of rotatable bonds is 8. The Balaban J connectivity index is 1.80. The van der Waals surface area contributed by atoms with Crippen LogP contribution in [0.3, 0.4) is 0 Å². The van der Waals surface area contributed by atoms with E-state index in [2.05, 4.69) is 18.8 Å². The Labute approximate surface area is 168 Å². The van der Waals surface area contributed by atoms with Gasteiger partial charge >= 0.3 is 5.97 Å². The monoisotopic (exact) mass is 400 g/mol. The molecule has 1 N–H and O–H groups in total. The molecule has 0 fully saturated rings. The van der Waals surface area contributed by atoms with Crippen molar-refractivity contribution in [3.05, 3.63) is 52.0 Å². The third-order valence-corrected chi connectivity index (χ3v) is 5.20. The normalized spacial score (nSPS) is 11.0. The first-order chi connectivity index (χ1) is 13.4. The van der Waals surface area contributed by atoms with Gasteiger partial charge in [-0.25, -0.2) is 9.78 Å². The lowest BCUT2D eigenvalue weighted by atomic mass is 10.2. The van der Waals surface area contributed by atoms with Gasteiger partial charge in [-0.05, 0) is 43.2 Å². The van der Waals surface area contributed by atoms with E-state index in [1.165, 1.54) is 11.3 Å². The van der Waals surface area contributed by atoms with Gasteiger partial charge in [0.15, 0.2) is 0 Å². The summed E-state index contributed by atoms with van der Waals surface area (Å²) in [4.78, 5) is 16.2. The number of methoxy groups -OCH3 is 1. The van der Waals surface area contributed by atoms with Gasteiger partial charge in [-0.15, -0.1) is 11.3 Å². The molecule has 148 valence electrons. The predicted octanol–water partition coefficient (Wildman–Crippen LogP) is 4.86. The van der Waals surface area contributed by atoms with Crippen LogP contribution in [0, 0.1) is 12.8 Å². The number of carboxylic acids is 1. The van der Waals surface area contributed by atoms with Crippen LogP contribution in [-0.2, 0) is 13.2 Å². The van der Waals surface area contributed by atoms with Crippen LogP contribution in [0.1, 0.15) is 34.9 Å². The van der Waals surface area contributed by atoms with Gasteiger partial charge in [0, 0.05) is 17.6 Å². The molecule has 0 radical (unpaired) electrons. The lowest BCUT2D eigenvalue weighted by molar-refractivity contribution is 0.0696. The van der Waals surface area contributed by atoms with Gasteiger partial charge in [0.25, 0.3) is 0 Å². The molecule has 3 aromatic rings. The minimum atomic E-state index is -0.917. The standard InChI is InChI=1S/C21H24N2O4S/c1-13(2)10-23-14(3)17(21(24)25)9-19(23)18-12-28-20(22-18)11-27-16-7-5-15(26-4)6-8-16/h5-9,12-13H,10-11H2,1-4H3,(H,24,25). The molecule has 0 spiro atoms. The number of thiazole rings is 1. The second-order valence-corrected chi connectivity index (χ2v) is 7.87. The largest absolute Gasteiger partial charge is 0.497 e. The molecule has 0 amide bonds. The Morgan fingerprint density at radius 2 is 1.93 bits per heavy atom. The Hall–Kier alpha value is -2.80. The SMILES string of the molecule is COc1ccc(OCc2nc(-c3cc(C(=O)O)c(C)n3CC(C)C)cs2)cc1. The van der Waals surface area contributed by atoms with E-state index < -0.39 is 5.97 Å². The average Bonchev–Trinajstić information content (AvgIpc) is 3.25. The molecule has 2 aromatic heterocycles. The van der Waals surface area contributed by atoms with Crippen molar-refractivity contribution in [3.63, 3.8) is 0 Å². The molecule has 1 aromatic carbocycles. The number of carboxylic acid groups (broad SMARTS) is 1. The molecule has 0 bridgehead atoms. The number of ether oxygens (including phenoxy) is 2. The van der Waals surface area contributed by atoms with Crippen molar-refractivity contribution in [2.45, 2.75) is 33.9 Å². The van der Waals surface area contributed by atoms with Gasteiger partial charge in [0.2, 0.25) is 0 Å². The van der Waals surface area contributed by atoms with Gasteiger partial charge < -0.3 is 19.1 Å². The average molecular weight is 401 g/mol. The molecular weight excluding hydrogens is 376 g/mol. The molecule has 6 nitrogen and oxygen atoms in total. The van der Waals surface area contributed by atoms with Gasteiger partial charge in [0.05, 0.1) is 24.1 Å². The summed E-state index contributed by atoms with van der Waals surface area (Å²) in [6, 6.07) is 9.10. The summed E-state index contributed by atoms with van der Waals surface area (Å²) >= 11 is 1.50. The predicted molar refractivity (Wildman–Crippen MR) is 109 cm³/mol. The summed E-state index contributed by atoms with van der Waals surface area (Å²) in [7, 11) is 1.62. The number of nitrogens with zero attached hydrogens (tertiary/aromatic N) is 2. The minimum absolute atomic E-state index is 0.319. The molecule has 0 atom stereocenters. The van der Waals surface area contributed by atoms with E-state index in [-0.39, 0.29) is 0 Å². The number of aromatic carboxylic acids is 1. The van der Waals surface area contributed by atoms with E-state index in [0.717, 1.165) is 40.1 Å². The minimum Gasteiger partial charge on any atom is -0.497 e. The van der Waals surface area contributed by atoms with E-state index in [9.17, 15) is 9.90 Å². The van der Waals surface area contributed by atoms with Crippen LogP contribution in [0.25, 0.3) is 11.4 Å². The maximum absolute atomic E-state index is 11.6. The highest BCUT2D eigenvalue weighted by atomic mass is 32.1.